The van der Waals surface area contributed by atoms with Gasteiger partial charge in [0.1, 0.15) is 5.84 Å². The molecule has 0 heterocycles. The quantitative estimate of drug-likeness (QED) is 0.327. The van der Waals surface area contributed by atoms with Crippen molar-refractivity contribution in [2.45, 2.75) is 13.8 Å². The second-order valence-corrected chi connectivity index (χ2v) is 1.34. The monoisotopic (exact) mass is 374 g/mol. The maximum absolute atomic E-state index is 5.16. The van der Waals surface area contributed by atoms with Gasteiger partial charge in [0.05, 0.1) is 0 Å². The van der Waals surface area contributed by atoms with Gasteiger partial charge in [-0.2, -0.15) is 12.0 Å². The minimum Gasteiger partial charge on any atom is -0.386 e. The standard InChI is InChI=1S/C5H10N3.Lr/c1-3-4-7-8-5(2)6;/h3-4H,1-2H3,(H2,6,8);/q-1;/b7-4-;. The van der Waals surface area contributed by atoms with Crippen LogP contribution in [0.3, 0.4) is 0 Å². The summed E-state index contributed by atoms with van der Waals surface area (Å²) < 4.78 is 0. The van der Waals surface area contributed by atoms with Gasteiger partial charge in [0.25, 0.3) is 0 Å². The Morgan fingerprint density at radius 2 is 2.22 bits per heavy atom. The Morgan fingerprint density at radius 3 is 2.56 bits per heavy atom. The molecule has 1 radical (unpaired) electrons. The van der Waals surface area contributed by atoms with Crippen molar-refractivity contribution in [3.63, 3.8) is 0 Å². The molecule has 0 unspecified atom stereocenters. The molecule has 0 spiro atoms. The average Bonchev–Trinajstić information content (AvgIpc) is 1.66. The third-order valence-corrected chi connectivity index (χ3v) is 0.431. The van der Waals surface area contributed by atoms with Crippen molar-refractivity contribution < 1.29 is 0 Å². The van der Waals surface area contributed by atoms with Gasteiger partial charge in [0.15, 0.2) is 0 Å². The van der Waals surface area contributed by atoms with Gasteiger partial charge in [-0.15, -0.1) is 11.3 Å². The molecule has 0 saturated heterocycles. The number of nitrogens with two attached hydrogens (primary N) is 1. The van der Waals surface area contributed by atoms with Gasteiger partial charge < -0.3 is 12.2 Å². The number of nitrogens with zero attached hydrogens (tertiary/aromatic N) is 2. The maximum atomic E-state index is 5.16. The van der Waals surface area contributed by atoms with E-state index in [2.05, 4.69) is 10.2 Å². The van der Waals surface area contributed by atoms with E-state index in [1.165, 1.54) is 0 Å². The predicted octanol–water partition coefficient (Wildman–Crippen LogP) is 0.573. The molecule has 61 valence electrons. The van der Waals surface area contributed by atoms with Crippen molar-refractivity contribution in [2.75, 3.05) is 0 Å². The first-order valence-electron chi connectivity index (χ1n) is 2.38. The molecule has 0 aliphatic carbocycles. The largest absolute Gasteiger partial charge is 0.386 e. The van der Waals surface area contributed by atoms with E-state index in [0.29, 0.717) is 5.84 Å². The zero-order chi connectivity index (χ0) is 6.41. The summed E-state index contributed by atoms with van der Waals surface area (Å²) in [5, 5.41) is 7.12. The summed E-state index contributed by atoms with van der Waals surface area (Å²) in [7, 11) is 0. The molecule has 0 aromatic heterocycles. The van der Waals surface area contributed by atoms with Gasteiger partial charge >= 0.3 is 0 Å². The summed E-state index contributed by atoms with van der Waals surface area (Å²) in [5.41, 5.74) is 5.16. The Balaban J connectivity index is 0. The first-order valence-corrected chi connectivity index (χ1v) is 2.38. The molecular formula is C5H10LrN3-. The van der Waals surface area contributed by atoms with Crippen molar-refractivity contribution in [1.29, 1.82) is 0 Å². The van der Waals surface area contributed by atoms with Crippen LogP contribution in [0.5, 0.6) is 0 Å². The summed E-state index contributed by atoms with van der Waals surface area (Å²) in [6, 6.07) is 0. The van der Waals surface area contributed by atoms with Crippen LogP contribution < -0.4 is 5.73 Å². The van der Waals surface area contributed by atoms with E-state index in [1.807, 2.05) is 6.92 Å². The summed E-state index contributed by atoms with van der Waals surface area (Å²) in [5.74, 6) is 0.475. The molecule has 0 bridgehead atoms. The first-order chi connectivity index (χ1) is 3.77. The second kappa shape index (κ2) is 6.01. The summed E-state index contributed by atoms with van der Waals surface area (Å²) in [6.07, 6.45) is 3.36. The fourth-order valence-electron chi connectivity index (χ4n) is 0.191. The Kier molecular flexibility index (Phi) is 6.74. The van der Waals surface area contributed by atoms with E-state index in [-0.39, 0.29) is 0 Å². The average molecular weight is 374 g/mol. The van der Waals surface area contributed by atoms with Crippen LogP contribution in [0.2, 0.25) is 0 Å². The van der Waals surface area contributed by atoms with E-state index in [1.54, 1.807) is 19.6 Å². The Hall–Kier alpha value is -1.99. The van der Waals surface area contributed by atoms with Crippen molar-refractivity contribution in [3.05, 3.63) is 6.42 Å². The molecule has 0 fully saturated rings. The summed E-state index contributed by atoms with van der Waals surface area (Å²) >= 11 is 0. The Morgan fingerprint density at radius 1 is 1.67 bits per heavy atom. The van der Waals surface area contributed by atoms with Crippen LogP contribution in [0.4, 0.5) is 0 Å². The number of amidine groups is 1. The van der Waals surface area contributed by atoms with Gasteiger partial charge in [0.2, 0.25) is 0 Å². The van der Waals surface area contributed by atoms with Crippen LogP contribution in [0, 0.1) is 6.42 Å². The van der Waals surface area contributed by atoms with Gasteiger partial charge in [-0.1, -0.05) is 0 Å². The third-order valence-electron chi connectivity index (χ3n) is 0.431. The Labute approximate surface area is 49.3 Å². The van der Waals surface area contributed by atoms with Crippen LogP contribution in [0.25, 0.3) is 0 Å². The van der Waals surface area contributed by atoms with Crippen molar-refractivity contribution in [1.82, 2.24) is 0 Å². The molecule has 3 nitrogen and oxygen atoms in total. The SMILES string of the molecule is C[CH-]/C=N\N=C(\C)N.[Lr]. The first kappa shape index (κ1) is 10.1. The number of hydrogen-bond acceptors (Lipinski definition) is 2. The van der Waals surface area contributed by atoms with Gasteiger partial charge in [0, 0.05) is 0 Å². The van der Waals surface area contributed by atoms with Crippen molar-refractivity contribution >= 4 is 12.1 Å². The fourth-order valence-corrected chi connectivity index (χ4v) is 0.191. The van der Waals surface area contributed by atoms with Crippen LogP contribution in [0.1, 0.15) is 13.8 Å². The molecule has 0 saturated carbocycles. The number of rotatable bonds is 2. The summed E-state index contributed by atoms with van der Waals surface area (Å²) in [6.45, 7) is 3.55. The van der Waals surface area contributed by atoms with Crippen LogP contribution in [0.15, 0.2) is 10.2 Å². The molecule has 4 heteroatoms. The normalized spacial score (nSPS) is 11.1. The van der Waals surface area contributed by atoms with Crippen LogP contribution >= 0.6 is 0 Å². The fraction of sp³-hybridized carbons (Fsp3) is 0.400. The predicted molar refractivity (Wildman–Crippen MR) is 35.8 cm³/mol. The molecule has 0 aliphatic heterocycles. The minimum absolute atomic E-state index is 0. The van der Waals surface area contributed by atoms with E-state index in [0.717, 1.165) is 0 Å². The van der Waals surface area contributed by atoms with Crippen molar-refractivity contribution in [2.24, 2.45) is 15.9 Å². The summed E-state index contributed by atoms with van der Waals surface area (Å²) in [4.78, 5) is 0. The molecule has 0 rings (SSSR count). The number of hydrogen-bond donors (Lipinski definition) is 1. The van der Waals surface area contributed by atoms with E-state index < -0.39 is 0 Å². The molecule has 0 aliphatic rings. The Bertz CT molecular complexity index is 105. The van der Waals surface area contributed by atoms with Crippen LogP contribution in [-0.2, 0) is 0 Å². The molecular weight excluding hydrogens is 364 g/mol. The van der Waals surface area contributed by atoms with Gasteiger partial charge in [-0.05, 0) is 6.92 Å². The van der Waals surface area contributed by atoms with Gasteiger partial charge in [-0.3, -0.25) is 0 Å². The molecule has 9 heavy (non-hydrogen) atoms. The maximum Gasteiger partial charge on any atom is 0.119 e. The third kappa shape index (κ3) is 10.7. The van der Waals surface area contributed by atoms with E-state index in [4.69, 9.17) is 5.73 Å². The van der Waals surface area contributed by atoms with E-state index >= 15 is 0 Å². The van der Waals surface area contributed by atoms with Crippen LogP contribution in [-0.4, -0.2) is 12.1 Å². The molecule has 2 N–H and O–H groups in total. The minimum atomic E-state index is 0. The second-order valence-electron chi connectivity index (χ2n) is 1.34. The van der Waals surface area contributed by atoms with Crippen molar-refractivity contribution in [3.8, 4) is 0 Å². The molecule has 0 aromatic carbocycles. The van der Waals surface area contributed by atoms with Gasteiger partial charge in [-0.25, -0.2) is 0 Å². The molecule has 0 atom stereocenters. The molecule has 0 amide bonds. The smallest absolute Gasteiger partial charge is 0.119 e. The topological polar surface area (TPSA) is 50.7 Å². The zero-order valence-corrected chi connectivity index (χ0v) is 7.53. The van der Waals surface area contributed by atoms with E-state index in [9.17, 15) is 0 Å². The zero-order valence-electron chi connectivity index (χ0n) is 5.38. The molecule has 0 aromatic rings.